The maximum Gasteiger partial charge on any atom is 0.330 e. The van der Waals surface area contributed by atoms with E-state index in [0.29, 0.717) is 13.1 Å². The fourth-order valence-electron chi connectivity index (χ4n) is 2.49. The minimum Gasteiger partial charge on any atom is -0.460 e. The fourth-order valence-corrected chi connectivity index (χ4v) is 3.70. The van der Waals surface area contributed by atoms with Crippen LogP contribution < -0.4 is 5.32 Å². The van der Waals surface area contributed by atoms with Gasteiger partial charge in [-0.2, -0.15) is 0 Å². The van der Waals surface area contributed by atoms with Gasteiger partial charge >= 0.3 is 18.0 Å². The number of hydrogen-bond acceptors (Lipinski definition) is 6. The summed E-state index contributed by atoms with van der Waals surface area (Å²) in [6, 6.07) is 0.636. The maximum atomic E-state index is 13.0. The quantitative estimate of drug-likeness (QED) is 0.238. The van der Waals surface area contributed by atoms with E-state index in [4.69, 9.17) is 13.9 Å². The molecule has 0 aromatic rings. The van der Waals surface area contributed by atoms with Gasteiger partial charge in [0.15, 0.2) is 8.32 Å². The molecule has 0 bridgehead atoms. The molecule has 0 aliphatic rings. The molecular weight excluding hydrogens is 404 g/mol. The first-order chi connectivity index (χ1) is 14.0. The predicted molar refractivity (Wildman–Crippen MR) is 120 cm³/mol. The largest absolute Gasteiger partial charge is 0.460 e. The normalized spacial score (nSPS) is 11.4. The van der Waals surface area contributed by atoms with Crippen LogP contribution in [0.5, 0.6) is 0 Å². The third-order valence-electron chi connectivity index (χ3n) is 4.64. The molecule has 0 spiro atoms. The Balaban J connectivity index is 5.20. The number of nitrogens with zero attached hydrogens (tertiary/aromatic N) is 1. The number of rotatable bonds is 15. The molecule has 0 atom stereocenters. The number of amides is 2. The van der Waals surface area contributed by atoms with Crippen LogP contribution in [0.1, 0.15) is 33.1 Å². The third-order valence-corrected chi connectivity index (χ3v) is 7.30. The highest BCUT2D eigenvalue weighted by Crippen LogP contribution is 2.14. The second-order valence-corrected chi connectivity index (χ2v) is 12.5. The van der Waals surface area contributed by atoms with Crippen molar-refractivity contribution in [1.29, 1.82) is 0 Å². The first-order valence-electron chi connectivity index (χ1n) is 10.2. The highest BCUT2D eigenvalue weighted by molar-refractivity contribution is 6.71. The molecule has 1 N–H and O–H groups in total. The van der Waals surface area contributed by atoms with E-state index < -0.39 is 25.8 Å². The van der Waals surface area contributed by atoms with Crippen molar-refractivity contribution >= 4 is 26.3 Å². The molecule has 2 amide bonds. The zero-order valence-corrected chi connectivity index (χ0v) is 20.1. The Hall–Kier alpha value is -2.13. The smallest absolute Gasteiger partial charge is 0.330 e. The van der Waals surface area contributed by atoms with Crippen LogP contribution in [0.15, 0.2) is 25.3 Å². The molecule has 0 saturated carbocycles. The van der Waals surface area contributed by atoms with Crippen molar-refractivity contribution in [3.63, 3.8) is 0 Å². The summed E-state index contributed by atoms with van der Waals surface area (Å²) < 4.78 is 15.8. The molecule has 30 heavy (non-hydrogen) atoms. The van der Waals surface area contributed by atoms with E-state index >= 15 is 0 Å². The zero-order valence-electron chi connectivity index (χ0n) is 19.1. The number of nitrogens with one attached hydrogen (secondary N) is 1. The van der Waals surface area contributed by atoms with Gasteiger partial charge in [0, 0.05) is 32.4 Å². The summed E-state index contributed by atoms with van der Waals surface area (Å²) in [5, 5.41) is 2.87. The molecule has 0 aromatic heterocycles. The van der Waals surface area contributed by atoms with Gasteiger partial charge in [-0.3, -0.25) is 0 Å². The monoisotopic (exact) mass is 442 g/mol. The van der Waals surface area contributed by atoms with Crippen molar-refractivity contribution in [1.82, 2.24) is 10.2 Å². The number of carbonyl (C=O) groups is 3. The standard InChI is InChI=1S/C21H38N2O6Si/c1-8-11-13-23(14-12-15-30(6,7)27-5)20(26)22-21(4,16-28-18(24)9-2)17-29-19(25)10-3/h9-10H,2-3,8,11-17H2,1,4-7H3,(H,22,26). The van der Waals surface area contributed by atoms with Crippen LogP contribution >= 0.6 is 0 Å². The molecule has 0 saturated heterocycles. The Morgan fingerprint density at radius 1 is 1.03 bits per heavy atom. The lowest BCUT2D eigenvalue weighted by molar-refractivity contribution is -0.144. The van der Waals surface area contributed by atoms with E-state index in [2.05, 4.69) is 38.5 Å². The molecule has 0 aromatic carbocycles. The number of carbonyl (C=O) groups excluding carboxylic acids is 3. The van der Waals surface area contributed by atoms with Crippen molar-refractivity contribution in [3.8, 4) is 0 Å². The maximum absolute atomic E-state index is 13.0. The van der Waals surface area contributed by atoms with Crippen LogP contribution in [0.4, 0.5) is 4.79 Å². The molecule has 0 unspecified atom stereocenters. The van der Waals surface area contributed by atoms with Crippen molar-refractivity contribution in [2.45, 2.75) is 57.8 Å². The van der Waals surface area contributed by atoms with E-state index in [0.717, 1.165) is 37.5 Å². The van der Waals surface area contributed by atoms with Gasteiger partial charge in [0.1, 0.15) is 18.8 Å². The highest BCUT2D eigenvalue weighted by Gasteiger charge is 2.32. The van der Waals surface area contributed by atoms with E-state index in [1.807, 2.05) is 0 Å². The summed E-state index contributed by atoms with van der Waals surface area (Å²) in [6.07, 6.45) is 4.72. The van der Waals surface area contributed by atoms with E-state index in [1.54, 1.807) is 18.9 Å². The fraction of sp³-hybridized carbons (Fsp3) is 0.667. The molecule has 0 heterocycles. The highest BCUT2D eigenvalue weighted by atomic mass is 28.4. The van der Waals surface area contributed by atoms with Gasteiger partial charge in [0.25, 0.3) is 0 Å². The average Bonchev–Trinajstić information content (AvgIpc) is 2.72. The number of urea groups is 1. The van der Waals surface area contributed by atoms with E-state index in [9.17, 15) is 14.4 Å². The minimum absolute atomic E-state index is 0.167. The Morgan fingerprint density at radius 2 is 1.53 bits per heavy atom. The first-order valence-corrected chi connectivity index (χ1v) is 13.3. The number of unbranched alkanes of at least 4 members (excludes halogenated alkanes) is 1. The van der Waals surface area contributed by atoms with Crippen LogP contribution in [0.2, 0.25) is 19.1 Å². The van der Waals surface area contributed by atoms with Crippen LogP contribution in [0.25, 0.3) is 0 Å². The SMILES string of the molecule is C=CC(=O)OCC(C)(COC(=O)C=C)NC(=O)N(CCCC)CCC[Si](C)(C)OC. The van der Waals surface area contributed by atoms with Gasteiger partial charge in [-0.15, -0.1) is 0 Å². The Labute approximate surface area is 181 Å². The zero-order chi connectivity index (χ0) is 23.2. The lowest BCUT2D eigenvalue weighted by atomic mass is 10.1. The third kappa shape index (κ3) is 11.8. The molecular formula is C21H38N2O6Si. The summed E-state index contributed by atoms with van der Waals surface area (Å²) in [5.41, 5.74) is -1.10. The van der Waals surface area contributed by atoms with Gasteiger partial charge in [-0.1, -0.05) is 26.5 Å². The van der Waals surface area contributed by atoms with Crippen LogP contribution in [-0.4, -0.2) is 70.1 Å². The van der Waals surface area contributed by atoms with Gasteiger partial charge in [-0.25, -0.2) is 14.4 Å². The summed E-state index contributed by atoms with van der Waals surface area (Å²) in [5.74, 6) is -1.25. The van der Waals surface area contributed by atoms with Gasteiger partial charge < -0.3 is 24.1 Å². The van der Waals surface area contributed by atoms with E-state index in [1.165, 1.54) is 0 Å². The molecule has 0 aliphatic heterocycles. The molecule has 0 aliphatic carbocycles. The van der Waals surface area contributed by atoms with Gasteiger partial charge in [0.05, 0.1) is 0 Å². The second-order valence-electron chi connectivity index (χ2n) is 8.02. The van der Waals surface area contributed by atoms with Crippen LogP contribution in [-0.2, 0) is 23.5 Å². The van der Waals surface area contributed by atoms with Crippen molar-refractivity contribution in [2.75, 3.05) is 33.4 Å². The molecule has 172 valence electrons. The molecule has 0 fully saturated rings. The Kier molecular flexibility index (Phi) is 13.0. The summed E-state index contributed by atoms with van der Waals surface area (Å²) in [6.45, 7) is 15.6. The van der Waals surface area contributed by atoms with Gasteiger partial charge in [-0.05, 0) is 38.9 Å². The van der Waals surface area contributed by atoms with Crippen molar-refractivity contribution < 1.29 is 28.3 Å². The first kappa shape index (κ1) is 27.9. The predicted octanol–water partition coefficient (Wildman–Crippen LogP) is 3.26. The lowest BCUT2D eigenvalue weighted by Gasteiger charge is -2.33. The average molecular weight is 443 g/mol. The summed E-state index contributed by atoms with van der Waals surface area (Å²) in [4.78, 5) is 37.7. The Morgan fingerprint density at radius 3 is 1.97 bits per heavy atom. The molecule has 9 heteroatoms. The topological polar surface area (TPSA) is 94.2 Å². The number of ether oxygens (including phenoxy) is 2. The molecule has 8 nitrogen and oxygen atoms in total. The van der Waals surface area contributed by atoms with Gasteiger partial charge in [0.2, 0.25) is 0 Å². The van der Waals surface area contributed by atoms with Crippen molar-refractivity contribution in [2.24, 2.45) is 0 Å². The summed E-state index contributed by atoms with van der Waals surface area (Å²) in [7, 11) is 0.0223. The van der Waals surface area contributed by atoms with Crippen LogP contribution in [0, 0.1) is 0 Å². The number of hydrogen-bond donors (Lipinski definition) is 1. The van der Waals surface area contributed by atoms with Crippen molar-refractivity contribution in [3.05, 3.63) is 25.3 Å². The minimum atomic E-state index is -1.71. The molecule has 0 rings (SSSR count). The molecule has 0 radical (unpaired) electrons. The number of esters is 2. The van der Waals surface area contributed by atoms with Crippen LogP contribution in [0.3, 0.4) is 0 Å². The second kappa shape index (κ2) is 14.0. The Bertz CT molecular complexity index is 570. The van der Waals surface area contributed by atoms with E-state index in [-0.39, 0.29) is 19.2 Å². The lowest BCUT2D eigenvalue weighted by Crippen LogP contribution is -2.57. The summed E-state index contributed by atoms with van der Waals surface area (Å²) >= 11 is 0.